The fraction of sp³-hybridized carbons (Fsp3) is 0.412. The summed E-state index contributed by atoms with van der Waals surface area (Å²) in [6.45, 7) is 4.26. The largest absolute Gasteiger partial charge is 0.365 e. The van der Waals surface area contributed by atoms with E-state index in [-0.39, 0.29) is 11.8 Å². The minimum Gasteiger partial charge on any atom is -0.365 e. The molecule has 10 heteroatoms. The van der Waals surface area contributed by atoms with Gasteiger partial charge in [-0.1, -0.05) is 6.07 Å². The standard InChI is InChI=1S/C17H21N3O4S3/c1-10-11(2)26-17(14(10)15(18)21)19-16(22)12-5-7-20(8-6-12)27(23,24)13-4-3-9-25-13/h3-4,9,12H,5-8H2,1-2H3,(H2,18,21)(H,19,22). The van der Waals surface area contributed by atoms with Crippen molar-refractivity contribution in [3.63, 3.8) is 0 Å². The number of thiophene rings is 2. The van der Waals surface area contributed by atoms with Crippen LogP contribution in [0.15, 0.2) is 21.7 Å². The number of nitrogens with two attached hydrogens (primary N) is 1. The van der Waals surface area contributed by atoms with Crippen LogP contribution in [0, 0.1) is 19.8 Å². The van der Waals surface area contributed by atoms with Crippen molar-refractivity contribution in [2.75, 3.05) is 18.4 Å². The predicted molar refractivity (Wildman–Crippen MR) is 107 cm³/mol. The Hall–Kier alpha value is -1.75. The van der Waals surface area contributed by atoms with Crippen LogP contribution in [0.4, 0.5) is 5.00 Å². The second-order valence-corrected chi connectivity index (χ2v) is 10.8. The van der Waals surface area contributed by atoms with Gasteiger partial charge in [-0.05, 0) is 43.7 Å². The minimum atomic E-state index is -3.49. The molecule has 1 fully saturated rings. The Kier molecular flexibility index (Phi) is 5.71. The number of sulfonamides is 1. The van der Waals surface area contributed by atoms with E-state index < -0.39 is 15.9 Å². The minimum absolute atomic E-state index is 0.202. The zero-order valence-corrected chi connectivity index (χ0v) is 17.5. The summed E-state index contributed by atoms with van der Waals surface area (Å²) < 4.78 is 26.9. The molecular weight excluding hydrogens is 406 g/mol. The second kappa shape index (κ2) is 7.70. The van der Waals surface area contributed by atoms with Gasteiger partial charge in [-0.2, -0.15) is 4.31 Å². The molecule has 3 heterocycles. The Labute approximate surface area is 166 Å². The third kappa shape index (κ3) is 3.93. The maximum Gasteiger partial charge on any atom is 0.252 e. The van der Waals surface area contributed by atoms with Crippen molar-refractivity contribution in [3.8, 4) is 0 Å². The number of nitrogens with one attached hydrogen (secondary N) is 1. The van der Waals surface area contributed by atoms with Crippen LogP contribution in [0.2, 0.25) is 0 Å². The maximum absolute atomic E-state index is 12.6. The van der Waals surface area contributed by atoms with E-state index in [9.17, 15) is 18.0 Å². The normalized spacial score (nSPS) is 16.4. The highest BCUT2D eigenvalue weighted by molar-refractivity contribution is 7.91. The van der Waals surface area contributed by atoms with Crippen molar-refractivity contribution < 1.29 is 18.0 Å². The first-order valence-electron chi connectivity index (χ1n) is 8.46. The van der Waals surface area contributed by atoms with Crippen LogP contribution in [0.25, 0.3) is 0 Å². The average molecular weight is 428 g/mol. The van der Waals surface area contributed by atoms with Gasteiger partial charge in [-0.15, -0.1) is 22.7 Å². The Morgan fingerprint density at radius 3 is 2.48 bits per heavy atom. The van der Waals surface area contributed by atoms with Gasteiger partial charge in [0.05, 0.1) is 5.56 Å². The van der Waals surface area contributed by atoms with Crippen LogP contribution >= 0.6 is 22.7 Å². The number of piperidine rings is 1. The van der Waals surface area contributed by atoms with Crippen molar-refractivity contribution in [2.24, 2.45) is 11.7 Å². The van der Waals surface area contributed by atoms with Gasteiger partial charge in [0, 0.05) is 23.9 Å². The quantitative estimate of drug-likeness (QED) is 0.764. The lowest BCUT2D eigenvalue weighted by molar-refractivity contribution is -0.120. The van der Waals surface area contributed by atoms with E-state index in [1.807, 2.05) is 6.92 Å². The molecule has 3 rings (SSSR count). The second-order valence-electron chi connectivity index (χ2n) is 6.45. The van der Waals surface area contributed by atoms with E-state index in [1.165, 1.54) is 27.0 Å². The molecule has 0 unspecified atom stereocenters. The van der Waals surface area contributed by atoms with Crippen LogP contribution in [0.3, 0.4) is 0 Å². The molecule has 2 aromatic heterocycles. The van der Waals surface area contributed by atoms with E-state index in [2.05, 4.69) is 5.32 Å². The molecule has 1 saturated heterocycles. The van der Waals surface area contributed by atoms with Crippen molar-refractivity contribution in [2.45, 2.75) is 30.9 Å². The number of carbonyl (C=O) groups is 2. The van der Waals surface area contributed by atoms with Crippen LogP contribution in [0.5, 0.6) is 0 Å². The maximum atomic E-state index is 12.6. The first kappa shape index (κ1) is 20.0. The van der Waals surface area contributed by atoms with Gasteiger partial charge in [0.2, 0.25) is 5.91 Å². The molecule has 2 amide bonds. The number of hydrogen-bond donors (Lipinski definition) is 2. The first-order valence-corrected chi connectivity index (χ1v) is 11.6. The highest BCUT2D eigenvalue weighted by Crippen LogP contribution is 2.33. The van der Waals surface area contributed by atoms with Gasteiger partial charge in [0.25, 0.3) is 15.9 Å². The van der Waals surface area contributed by atoms with Crippen molar-refractivity contribution in [1.82, 2.24) is 4.31 Å². The summed E-state index contributed by atoms with van der Waals surface area (Å²) in [7, 11) is -3.49. The lowest BCUT2D eigenvalue weighted by Crippen LogP contribution is -2.41. The van der Waals surface area contributed by atoms with Crippen LogP contribution in [-0.2, 0) is 14.8 Å². The first-order chi connectivity index (χ1) is 12.7. The summed E-state index contributed by atoms with van der Waals surface area (Å²) in [5.41, 5.74) is 6.57. The van der Waals surface area contributed by atoms with Gasteiger partial charge < -0.3 is 11.1 Å². The molecule has 3 N–H and O–H groups in total. The Bertz CT molecular complexity index is 956. The summed E-state index contributed by atoms with van der Waals surface area (Å²) in [5.74, 6) is -1.07. The summed E-state index contributed by atoms with van der Waals surface area (Å²) >= 11 is 2.52. The zero-order chi connectivity index (χ0) is 19.8. The molecule has 0 radical (unpaired) electrons. The third-order valence-corrected chi connectivity index (χ3v) is 9.18. The number of primary amides is 1. The number of carbonyl (C=O) groups excluding carboxylic acids is 2. The Balaban J connectivity index is 1.66. The van der Waals surface area contributed by atoms with Crippen LogP contribution in [-0.4, -0.2) is 37.6 Å². The topological polar surface area (TPSA) is 110 Å². The highest BCUT2D eigenvalue weighted by atomic mass is 32.2. The predicted octanol–water partition coefficient (Wildman–Crippen LogP) is 2.56. The molecule has 1 aliphatic heterocycles. The number of nitrogens with zero attached hydrogens (tertiary/aromatic N) is 1. The molecule has 0 atom stereocenters. The lowest BCUT2D eigenvalue weighted by Gasteiger charge is -2.30. The summed E-state index contributed by atoms with van der Waals surface area (Å²) in [4.78, 5) is 25.2. The van der Waals surface area contributed by atoms with Crippen LogP contribution in [0.1, 0.15) is 33.6 Å². The fourth-order valence-corrected chi connectivity index (χ4v) is 6.80. The number of anilines is 1. The Morgan fingerprint density at radius 1 is 1.26 bits per heavy atom. The number of aryl methyl sites for hydroxylation is 1. The molecule has 0 aromatic carbocycles. The Morgan fingerprint density at radius 2 is 1.93 bits per heavy atom. The summed E-state index contributed by atoms with van der Waals surface area (Å²) in [5, 5.41) is 5.02. The molecule has 0 aliphatic carbocycles. The van der Waals surface area contributed by atoms with Gasteiger partial charge in [-0.25, -0.2) is 8.42 Å². The molecule has 146 valence electrons. The SMILES string of the molecule is Cc1sc(NC(=O)C2CCN(S(=O)(=O)c3cccs3)CC2)c(C(N)=O)c1C. The zero-order valence-electron chi connectivity index (χ0n) is 15.0. The van der Waals surface area contributed by atoms with Gasteiger partial charge in [-0.3, -0.25) is 9.59 Å². The van der Waals surface area contributed by atoms with E-state index >= 15 is 0 Å². The van der Waals surface area contributed by atoms with Crippen LogP contribution < -0.4 is 11.1 Å². The molecule has 27 heavy (non-hydrogen) atoms. The third-order valence-electron chi connectivity index (χ3n) is 4.78. The van der Waals surface area contributed by atoms with E-state index in [4.69, 9.17) is 5.73 Å². The van der Waals surface area contributed by atoms with Crippen molar-refractivity contribution in [1.29, 1.82) is 0 Å². The molecule has 0 saturated carbocycles. The van der Waals surface area contributed by atoms with E-state index in [0.717, 1.165) is 10.4 Å². The molecule has 0 spiro atoms. The number of hydrogen-bond acceptors (Lipinski definition) is 6. The van der Waals surface area contributed by atoms with Gasteiger partial charge >= 0.3 is 0 Å². The lowest BCUT2D eigenvalue weighted by atomic mass is 9.97. The van der Waals surface area contributed by atoms with Crippen molar-refractivity contribution >= 4 is 49.5 Å². The summed E-state index contributed by atoms with van der Waals surface area (Å²) in [6.07, 6.45) is 0.872. The number of amides is 2. The molecular formula is C17H21N3O4S3. The number of rotatable bonds is 5. The van der Waals surface area contributed by atoms with E-state index in [1.54, 1.807) is 24.4 Å². The molecule has 2 aromatic rings. The monoisotopic (exact) mass is 427 g/mol. The average Bonchev–Trinajstić information content (AvgIpc) is 3.24. The molecule has 1 aliphatic rings. The van der Waals surface area contributed by atoms with E-state index in [0.29, 0.717) is 40.7 Å². The van der Waals surface area contributed by atoms with Gasteiger partial charge in [0.15, 0.2) is 0 Å². The van der Waals surface area contributed by atoms with Crippen molar-refractivity contribution in [3.05, 3.63) is 33.5 Å². The summed E-state index contributed by atoms with van der Waals surface area (Å²) in [6, 6.07) is 3.30. The smallest absolute Gasteiger partial charge is 0.252 e. The highest BCUT2D eigenvalue weighted by Gasteiger charge is 2.33. The molecule has 0 bridgehead atoms. The molecule has 7 nitrogen and oxygen atoms in total. The van der Waals surface area contributed by atoms with Gasteiger partial charge in [0.1, 0.15) is 9.21 Å². The fourth-order valence-electron chi connectivity index (χ4n) is 3.12.